The van der Waals surface area contributed by atoms with Crippen molar-refractivity contribution in [3.05, 3.63) is 69.7 Å². The number of amides is 1. The zero-order chi connectivity index (χ0) is 16.1. The molecule has 1 amide bonds. The number of hydrogen-bond donors (Lipinski definition) is 0. The molecule has 2 aromatic rings. The Bertz CT molecular complexity index is 665. The lowest BCUT2D eigenvalue weighted by atomic mass is 10.1. The van der Waals surface area contributed by atoms with Gasteiger partial charge in [-0.2, -0.15) is 11.8 Å². The minimum Gasteiger partial charge on any atom is -0.339 e. The van der Waals surface area contributed by atoms with E-state index in [9.17, 15) is 4.79 Å². The van der Waals surface area contributed by atoms with Crippen molar-refractivity contribution in [2.75, 3.05) is 13.1 Å². The van der Waals surface area contributed by atoms with Crippen molar-refractivity contribution in [2.24, 2.45) is 0 Å². The Hall–Kier alpha value is -1.26. The molecule has 0 aromatic heterocycles. The normalized spacial score (nSPS) is 14.2. The second-order valence-electron chi connectivity index (χ2n) is 5.78. The molecular weight excluding hydrogens is 370 g/mol. The van der Waals surface area contributed by atoms with Crippen LogP contribution in [0.2, 0.25) is 0 Å². The fourth-order valence-corrected chi connectivity index (χ4v) is 4.35. The van der Waals surface area contributed by atoms with Gasteiger partial charge in [-0.1, -0.05) is 46.3 Å². The number of halogens is 1. The molecule has 2 nitrogen and oxygen atoms in total. The van der Waals surface area contributed by atoms with Gasteiger partial charge in [0.2, 0.25) is 0 Å². The first-order chi connectivity index (χ1) is 11.2. The van der Waals surface area contributed by atoms with Gasteiger partial charge in [-0.05, 0) is 42.2 Å². The summed E-state index contributed by atoms with van der Waals surface area (Å²) in [6, 6.07) is 16.4. The van der Waals surface area contributed by atoms with Crippen molar-refractivity contribution in [1.29, 1.82) is 0 Å². The summed E-state index contributed by atoms with van der Waals surface area (Å²) in [4.78, 5) is 14.3. The van der Waals surface area contributed by atoms with Gasteiger partial charge >= 0.3 is 0 Å². The van der Waals surface area contributed by atoms with E-state index in [1.807, 2.05) is 34.9 Å². The fourth-order valence-electron chi connectivity index (χ4n) is 2.74. The molecule has 1 aliphatic rings. The van der Waals surface area contributed by atoms with E-state index < -0.39 is 0 Å². The smallest absolute Gasteiger partial charge is 0.253 e. The third-order valence-corrected chi connectivity index (χ3v) is 5.90. The summed E-state index contributed by atoms with van der Waals surface area (Å²) >= 11 is 5.47. The molecule has 2 aromatic carbocycles. The minimum atomic E-state index is 0.176. The second-order valence-corrected chi connectivity index (χ2v) is 7.62. The maximum absolute atomic E-state index is 12.3. The van der Waals surface area contributed by atoms with Gasteiger partial charge in [-0.15, -0.1) is 0 Å². The van der Waals surface area contributed by atoms with Gasteiger partial charge < -0.3 is 4.90 Å². The van der Waals surface area contributed by atoms with E-state index in [1.165, 1.54) is 15.6 Å². The van der Waals surface area contributed by atoms with Gasteiger partial charge in [0.15, 0.2) is 0 Å². The molecule has 4 heteroatoms. The van der Waals surface area contributed by atoms with E-state index in [0.717, 1.165) is 43.0 Å². The van der Waals surface area contributed by atoms with E-state index in [1.54, 1.807) is 0 Å². The van der Waals surface area contributed by atoms with Gasteiger partial charge in [0.05, 0.1) is 0 Å². The number of thioether (sulfide) groups is 1. The van der Waals surface area contributed by atoms with Crippen molar-refractivity contribution >= 4 is 33.6 Å². The Morgan fingerprint density at radius 1 is 1.00 bits per heavy atom. The van der Waals surface area contributed by atoms with Crippen LogP contribution >= 0.6 is 27.7 Å². The van der Waals surface area contributed by atoms with Crippen LogP contribution in [-0.4, -0.2) is 23.9 Å². The molecular formula is C19H20BrNOS. The minimum absolute atomic E-state index is 0.176. The molecule has 3 rings (SSSR count). The predicted molar refractivity (Wildman–Crippen MR) is 101 cm³/mol. The Labute approximate surface area is 150 Å². The zero-order valence-electron chi connectivity index (χ0n) is 13.0. The number of likely N-dealkylation sites (tertiary alicyclic amines) is 1. The quantitative estimate of drug-likeness (QED) is 0.707. The van der Waals surface area contributed by atoms with Crippen LogP contribution in [-0.2, 0) is 11.5 Å². The van der Waals surface area contributed by atoms with Crippen molar-refractivity contribution in [1.82, 2.24) is 4.90 Å². The van der Waals surface area contributed by atoms with Crippen LogP contribution in [0.1, 0.15) is 34.3 Å². The predicted octanol–water partition coefficient (Wildman–Crippen LogP) is 5.12. The molecule has 0 N–H and O–H groups in total. The third kappa shape index (κ3) is 4.39. The van der Waals surface area contributed by atoms with Gasteiger partial charge in [-0.3, -0.25) is 4.79 Å². The number of rotatable bonds is 5. The van der Waals surface area contributed by atoms with Crippen LogP contribution in [0.4, 0.5) is 0 Å². The van der Waals surface area contributed by atoms with Gasteiger partial charge in [0.25, 0.3) is 5.91 Å². The molecule has 23 heavy (non-hydrogen) atoms. The lowest BCUT2D eigenvalue weighted by Gasteiger charge is -2.15. The SMILES string of the molecule is O=C(c1ccc(CSCc2ccccc2Br)cc1)N1CCCC1. The van der Waals surface area contributed by atoms with Crippen molar-refractivity contribution in [3.8, 4) is 0 Å². The molecule has 1 aliphatic heterocycles. The van der Waals surface area contributed by atoms with Gasteiger partial charge in [-0.25, -0.2) is 0 Å². The van der Waals surface area contributed by atoms with Crippen LogP contribution in [0.25, 0.3) is 0 Å². The van der Waals surface area contributed by atoms with Crippen LogP contribution < -0.4 is 0 Å². The van der Waals surface area contributed by atoms with Crippen LogP contribution in [0.5, 0.6) is 0 Å². The van der Waals surface area contributed by atoms with Crippen molar-refractivity contribution < 1.29 is 4.79 Å². The average molecular weight is 390 g/mol. The van der Waals surface area contributed by atoms with Crippen LogP contribution in [0, 0.1) is 0 Å². The lowest BCUT2D eigenvalue weighted by Crippen LogP contribution is -2.27. The average Bonchev–Trinajstić information content (AvgIpc) is 3.11. The number of carbonyl (C=O) groups excluding carboxylic acids is 1. The highest BCUT2D eigenvalue weighted by atomic mass is 79.9. The number of hydrogen-bond acceptors (Lipinski definition) is 2. The van der Waals surface area contributed by atoms with E-state index in [0.29, 0.717) is 0 Å². The molecule has 1 heterocycles. The summed E-state index contributed by atoms with van der Waals surface area (Å²) in [6.45, 7) is 1.81. The maximum atomic E-state index is 12.3. The zero-order valence-corrected chi connectivity index (χ0v) is 15.4. The fraction of sp³-hybridized carbons (Fsp3) is 0.316. The number of carbonyl (C=O) groups is 1. The van der Waals surface area contributed by atoms with E-state index in [4.69, 9.17) is 0 Å². The van der Waals surface area contributed by atoms with Crippen LogP contribution in [0.3, 0.4) is 0 Å². The topological polar surface area (TPSA) is 20.3 Å². The van der Waals surface area contributed by atoms with E-state index in [2.05, 4.69) is 46.3 Å². The molecule has 0 spiro atoms. The highest BCUT2D eigenvalue weighted by molar-refractivity contribution is 9.10. The summed E-state index contributed by atoms with van der Waals surface area (Å²) < 4.78 is 1.17. The number of nitrogens with zero attached hydrogens (tertiary/aromatic N) is 1. The van der Waals surface area contributed by atoms with Crippen molar-refractivity contribution in [3.63, 3.8) is 0 Å². The van der Waals surface area contributed by atoms with Gasteiger partial charge in [0.1, 0.15) is 0 Å². The number of benzene rings is 2. The van der Waals surface area contributed by atoms with Crippen molar-refractivity contribution in [2.45, 2.75) is 24.3 Å². The molecule has 1 fully saturated rings. The standard InChI is InChI=1S/C19H20BrNOS/c20-18-6-2-1-5-17(18)14-23-13-15-7-9-16(10-8-15)19(22)21-11-3-4-12-21/h1-2,5-10H,3-4,11-14H2. The first-order valence-corrected chi connectivity index (χ1v) is 9.88. The summed E-state index contributed by atoms with van der Waals surface area (Å²) in [6.07, 6.45) is 2.27. The Morgan fingerprint density at radius 2 is 1.70 bits per heavy atom. The summed E-state index contributed by atoms with van der Waals surface area (Å²) in [7, 11) is 0. The molecule has 0 atom stereocenters. The maximum Gasteiger partial charge on any atom is 0.253 e. The Balaban J connectivity index is 1.53. The molecule has 0 unspecified atom stereocenters. The molecule has 0 aliphatic carbocycles. The molecule has 0 radical (unpaired) electrons. The largest absolute Gasteiger partial charge is 0.339 e. The molecule has 0 bridgehead atoms. The molecule has 0 saturated carbocycles. The monoisotopic (exact) mass is 389 g/mol. The summed E-state index contributed by atoms with van der Waals surface area (Å²) in [5.74, 6) is 2.12. The summed E-state index contributed by atoms with van der Waals surface area (Å²) in [5.41, 5.74) is 3.39. The summed E-state index contributed by atoms with van der Waals surface area (Å²) in [5, 5.41) is 0. The van der Waals surface area contributed by atoms with E-state index in [-0.39, 0.29) is 5.91 Å². The van der Waals surface area contributed by atoms with E-state index >= 15 is 0 Å². The molecule has 1 saturated heterocycles. The van der Waals surface area contributed by atoms with Gasteiger partial charge in [0, 0.05) is 34.6 Å². The Kier molecular flexibility index (Phi) is 5.79. The Morgan fingerprint density at radius 3 is 2.39 bits per heavy atom. The molecule has 120 valence electrons. The lowest BCUT2D eigenvalue weighted by molar-refractivity contribution is 0.0793. The first kappa shape index (κ1) is 16.6. The highest BCUT2D eigenvalue weighted by Crippen LogP contribution is 2.24. The highest BCUT2D eigenvalue weighted by Gasteiger charge is 2.19. The van der Waals surface area contributed by atoms with Crippen LogP contribution in [0.15, 0.2) is 53.0 Å². The first-order valence-electron chi connectivity index (χ1n) is 7.93. The second kappa shape index (κ2) is 8.02. The third-order valence-electron chi connectivity index (χ3n) is 4.08.